The molecule has 2 aliphatic heterocycles. The second kappa shape index (κ2) is 9.97. The second-order valence-electron chi connectivity index (χ2n) is 7.72. The molecular weight excluding hydrogens is 326 g/mol. The van der Waals surface area contributed by atoms with Crippen molar-refractivity contribution in [1.82, 2.24) is 20.4 Å². The van der Waals surface area contributed by atoms with Crippen molar-refractivity contribution in [2.75, 3.05) is 52.9 Å². The van der Waals surface area contributed by atoms with Crippen molar-refractivity contribution in [2.24, 2.45) is 10.9 Å². The molecule has 3 rings (SSSR count). The summed E-state index contributed by atoms with van der Waals surface area (Å²) in [6.45, 7) is 10.1. The van der Waals surface area contributed by atoms with E-state index < -0.39 is 0 Å². The second-order valence-corrected chi connectivity index (χ2v) is 7.72. The van der Waals surface area contributed by atoms with Crippen LogP contribution in [0.1, 0.15) is 44.4 Å². The van der Waals surface area contributed by atoms with Crippen LogP contribution in [0.15, 0.2) is 27.8 Å². The Labute approximate surface area is 158 Å². The maximum atomic E-state index is 5.70. The summed E-state index contributed by atoms with van der Waals surface area (Å²) < 4.78 is 5.70. The molecule has 0 aromatic carbocycles. The lowest BCUT2D eigenvalue weighted by Crippen LogP contribution is -2.44. The largest absolute Gasteiger partial charge is 0.468 e. The number of furan rings is 1. The Morgan fingerprint density at radius 1 is 1.12 bits per heavy atom. The van der Waals surface area contributed by atoms with Gasteiger partial charge in [-0.1, -0.05) is 6.92 Å². The van der Waals surface area contributed by atoms with E-state index in [2.05, 4.69) is 38.4 Å². The lowest BCUT2D eigenvalue weighted by Gasteiger charge is -2.27. The van der Waals surface area contributed by atoms with Crippen molar-refractivity contribution in [2.45, 2.75) is 38.6 Å². The molecule has 2 atom stereocenters. The fraction of sp³-hybridized carbons (Fsp3) is 0.750. The molecule has 26 heavy (non-hydrogen) atoms. The van der Waals surface area contributed by atoms with E-state index >= 15 is 0 Å². The summed E-state index contributed by atoms with van der Waals surface area (Å²) in [7, 11) is 1.85. The molecule has 2 aliphatic rings. The van der Waals surface area contributed by atoms with E-state index in [1.807, 2.05) is 13.1 Å². The molecule has 6 nitrogen and oxygen atoms in total. The van der Waals surface area contributed by atoms with Gasteiger partial charge in [-0.3, -0.25) is 9.89 Å². The Hall–Kier alpha value is -1.53. The number of nitrogens with one attached hydrogen (secondary N) is 2. The Kier molecular flexibility index (Phi) is 7.38. The van der Waals surface area contributed by atoms with Crippen LogP contribution in [0.4, 0.5) is 0 Å². The molecule has 1 aromatic heterocycles. The molecule has 0 spiro atoms. The topological polar surface area (TPSA) is 56.0 Å². The fourth-order valence-electron chi connectivity index (χ4n) is 4.10. The number of guanidine groups is 1. The molecule has 3 heterocycles. The quantitative estimate of drug-likeness (QED) is 0.550. The average Bonchev–Trinajstić information content (AvgIpc) is 3.41. The van der Waals surface area contributed by atoms with E-state index in [1.165, 1.54) is 45.3 Å². The summed E-state index contributed by atoms with van der Waals surface area (Å²) in [6.07, 6.45) is 7.03. The van der Waals surface area contributed by atoms with Crippen LogP contribution in [-0.4, -0.2) is 68.6 Å². The Morgan fingerprint density at radius 3 is 2.46 bits per heavy atom. The first-order valence-corrected chi connectivity index (χ1v) is 10.2. The van der Waals surface area contributed by atoms with Crippen molar-refractivity contribution in [3.8, 4) is 0 Å². The highest BCUT2D eigenvalue weighted by Crippen LogP contribution is 2.24. The first-order valence-electron chi connectivity index (χ1n) is 10.2. The van der Waals surface area contributed by atoms with Gasteiger partial charge in [-0.2, -0.15) is 0 Å². The molecule has 146 valence electrons. The maximum Gasteiger partial charge on any atom is 0.191 e. The Morgan fingerprint density at radius 2 is 1.81 bits per heavy atom. The van der Waals surface area contributed by atoms with E-state index in [-0.39, 0.29) is 6.04 Å². The van der Waals surface area contributed by atoms with E-state index in [9.17, 15) is 0 Å². The zero-order valence-corrected chi connectivity index (χ0v) is 16.4. The molecule has 0 saturated carbocycles. The molecule has 2 saturated heterocycles. The summed E-state index contributed by atoms with van der Waals surface area (Å²) in [5.41, 5.74) is 0. The van der Waals surface area contributed by atoms with Crippen LogP contribution in [-0.2, 0) is 0 Å². The van der Waals surface area contributed by atoms with Crippen LogP contribution in [0.25, 0.3) is 0 Å². The van der Waals surface area contributed by atoms with Gasteiger partial charge in [0.2, 0.25) is 0 Å². The van der Waals surface area contributed by atoms with Gasteiger partial charge in [0.1, 0.15) is 5.76 Å². The minimum absolute atomic E-state index is 0.271. The summed E-state index contributed by atoms with van der Waals surface area (Å²) in [5, 5.41) is 7.00. The molecule has 0 amide bonds. The third kappa shape index (κ3) is 5.48. The van der Waals surface area contributed by atoms with Gasteiger partial charge in [0, 0.05) is 26.7 Å². The molecule has 0 radical (unpaired) electrons. The summed E-state index contributed by atoms with van der Waals surface area (Å²) in [5.74, 6) is 2.54. The predicted octanol–water partition coefficient (Wildman–Crippen LogP) is 2.31. The van der Waals surface area contributed by atoms with Gasteiger partial charge in [0.15, 0.2) is 5.96 Å². The monoisotopic (exact) mass is 361 g/mol. The van der Waals surface area contributed by atoms with E-state index in [4.69, 9.17) is 4.42 Å². The Bertz CT molecular complexity index is 532. The van der Waals surface area contributed by atoms with E-state index in [0.29, 0.717) is 5.92 Å². The van der Waals surface area contributed by atoms with Crippen molar-refractivity contribution >= 4 is 5.96 Å². The summed E-state index contributed by atoms with van der Waals surface area (Å²) in [6, 6.07) is 4.33. The van der Waals surface area contributed by atoms with Gasteiger partial charge in [-0.25, -0.2) is 0 Å². The number of nitrogens with zero attached hydrogens (tertiary/aromatic N) is 3. The number of aliphatic imine (C=N–C) groups is 1. The van der Waals surface area contributed by atoms with Gasteiger partial charge in [-0.15, -0.1) is 0 Å². The van der Waals surface area contributed by atoms with Gasteiger partial charge < -0.3 is 20.0 Å². The number of hydrogen-bond acceptors (Lipinski definition) is 4. The van der Waals surface area contributed by atoms with Crippen LogP contribution in [0, 0.1) is 5.92 Å². The lowest BCUT2D eigenvalue weighted by atomic mass is 10.1. The van der Waals surface area contributed by atoms with Crippen LogP contribution in [0.5, 0.6) is 0 Å². The summed E-state index contributed by atoms with van der Waals surface area (Å²) in [4.78, 5) is 9.48. The van der Waals surface area contributed by atoms with Gasteiger partial charge in [0.05, 0.1) is 12.3 Å². The smallest absolute Gasteiger partial charge is 0.191 e. The standard InChI is InChI=1S/C20H35N5O/c1-17(16-24-9-3-4-10-24)14-22-20(21-2)23-15-18(19-8-7-13-26-19)25-11-5-6-12-25/h7-8,13,17-18H,3-6,9-12,14-16H2,1-2H3,(H2,21,22,23). The third-order valence-corrected chi connectivity index (χ3v) is 5.53. The Balaban J connectivity index is 1.45. The minimum Gasteiger partial charge on any atom is -0.468 e. The number of hydrogen-bond donors (Lipinski definition) is 2. The first kappa shape index (κ1) is 19.2. The normalized spacial score (nSPS) is 21.8. The van der Waals surface area contributed by atoms with E-state index in [0.717, 1.165) is 37.9 Å². The van der Waals surface area contributed by atoms with Crippen molar-refractivity contribution in [3.63, 3.8) is 0 Å². The highest BCUT2D eigenvalue weighted by atomic mass is 16.3. The first-order chi connectivity index (χ1) is 12.8. The van der Waals surface area contributed by atoms with Crippen LogP contribution < -0.4 is 10.6 Å². The van der Waals surface area contributed by atoms with Crippen LogP contribution in [0.3, 0.4) is 0 Å². The highest BCUT2D eigenvalue weighted by Gasteiger charge is 2.25. The van der Waals surface area contributed by atoms with Gasteiger partial charge in [0.25, 0.3) is 0 Å². The van der Waals surface area contributed by atoms with Crippen molar-refractivity contribution in [1.29, 1.82) is 0 Å². The molecular formula is C20H35N5O. The zero-order chi connectivity index (χ0) is 18.2. The zero-order valence-electron chi connectivity index (χ0n) is 16.4. The molecule has 0 aliphatic carbocycles. The van der Waals surface area contributed by atoms with Gasteiger partial charge >= 0.3 is 0 Å². The third-order valence-electron chi connectivity index (χ3n) is 5.53. The van der Waals surface area contributed by atoms with Crippen molar-refractivity contribution in [3.05, 3.63) is 24.2 Å². The molecule has 2 unspecified atom stereocenters. The number of likely N-dealkylation sites (tertiary alicyclic amines) is 2. The molecule has 0 bridgehead atoms. The van der Waals surface area contributed by atoms with Crippen molar-refractivity contribution < 1.29 is 4.42 Å². The maximum absolute atomic E-state index is 5.70. The summed E-state index contributed by atoms with van der Waals surface area (Å²) >= 11 is 0. The molecule has 2 fully saturated rings. The van der Waals surface area contributed by atoms with Crippen LogP contribution >= 0.6 is 0 Å². The fourth-order valence-corrected chi connectivity index (χ4v) is 4.10. The van der Waals surface area contributed by atoms with Gasteiger partial charge in [-0.05, 0) is 69.9 Å². The predicted molar refractivity (Wildman–Crippen MR) is 106 cm³/mol. The highest BCUT2D eigenvalue weighted by molar-refractivity contribution is 5.79. The number of rotatable bonds is 8. The molecule has 2 N–H and O–H groups in total. The van der Waals surface area contributed by atoms with E-state index in [1.54, 1.807) is 6.26 Å². The minimum atomic E-state index is 0.271. The average molecular weight is 362 g/mol. The SMILES string of the molecule is CN=C(NCC(C)CN1CCCC1)NCC(c1ccco1)N1CCCC1. The lowest BCUT2D eigenvalue weighted by molar-refractivity contribution is 0.215. The molecule has 1 aromatic rings. The van der Waals surface area contributed by atoms with Crippen LogP contribution in [0.2, 0.25) is 0 Å². The molecule has 6 heteroatoms.